The van der Waals surface area contributed by atoms with E-state index >= 15 is 0 Å². The summed E-state index contributed by atoms with van der Waals surface area (Å²) in [4.78, 5) is 21.5. The van der Waals surface area contributed by atoms with Crippen LogP contribution in [0.5, 0.6) is 0 Å². The average Bonchev–Trinajstić information content (AvgIpc) is 3.20. The van der Waals surface area contributed by atoms with Crippen LogP contribution in [0.4, 0.5) is 0 Å². The predicted molar refractivity (Wildman–Crippen MR) is 105 cm³/mol. The second-order valence-electron chi connectivity index (χ2n) is 6.98. The Kier molecular flexibility index (Phi) is 4.52. The van der Waals surface area contributed by atoms with E-state index in [0.29, 0.717) is 4.88 Å². The standard InChI is InChI=1S/C19H23N5OS/c1-13-9-17(26-18(13)19(20)25)24-12-21-15-4-3-14(10-16(15)24)11-23-7-5-22(2)6-8-23/h3-4,9-10,12H,5-8,11H2,1-2H3,(H2,20,25). The quantitative estimate of drug-likeness (QED) is 0.766. The third-order valence-electron chi connectivity index (χ3n) is 4.98. The molecular weight excluding hydrogens is 346 g/mol. The molecule has 0 radical (unpaired) electrons. The predicted octanol–water partition coefficient (Wildman–Crippen LogP) is 2.24. The zero-order valence-corrected chi connectivity index (χ0v) is 15.9. The first kappa shape index (κ1) is 17.2. The van der Waals surface area contributed by atoms with Crippen molar-refractivity contribution < 1.29 is 4.79 Å². The second kappa shape index (κ2) is 6.83. The number of nitrogens with two attached hydrogens (primary N) is 1. The molecule has 1 aliphatic rings. The Labute approximate surface area is 156 Å². The lowest BCUT2D eigenvalue weighted by Gasteiger charge is -2.32. The van der Waals surface area contributed by atoms with Gasteiger partial charge in [-0.1, -0.05) is 6.07 Å². The number of likely N-dealkylation sites (N-methyl/N-ethyl adjacent to an activating group) is 1. The first-order chi connectivity index (χ1) is 12.5. The van der Waals surface area contributed by atoms with Gasteiger partial charge in [-0.3, -0.25) is 14.3 Å². The zero-order chi connectivity index (χ0) is 18.3. The number of hydrogen-bond acceptors (Lipinski definition) is 5. The molecule has 0 saturated carbocycles. The fourth-order valence-electron chi connectivity index (χ4n) is 3.42. The van der Waals surface area contributed by atoms with Crippen LogP contribution in [-0.2, 0) is 6.54 Å². The number of carbonyl (C=O) groups excluding carboxylic acids is 1. The van der Waals surface area contributed by atoms with E-state index in [9.17, 15) is 4.79 Å². The van der Waals surface area contributed by atoms with E-state index < -0.39 is 0 Å². The van der Waals surface area contributed by atoms with E-state index in [1.165, 1.54) is 16.9 Å². The van der Waals surface area contributed by atoms with Crippen LogP contribution in [0.25, 0.3) is 16.0 Å². The molecule has 2 N–H and O–H groups in total. The lowest BCUT2D eigenvalue weighted by Crippen LogP contribution is -2.43. The Hall–Kier alpha value is -2.22. The highest BCUT2D eigenvalue weighted by molar-refractivity contribution is 7.16. The summed E-state index contributed by atoms with van der Waals surface area (Å²) in [7, 11) is 2.17. The number of piperazine rings is 1. The molecule has 136 valence electrons. The smallest absolute Gasteiger partial charge is 0.259 e. The van der Waals surface area contributed by atoms with Crippen molar-refractivity contribution in [1.29, 1.82) is 0 Å². The fourth-order valence-corrected chi connectivity index (χ4v) is 4.43. The van der Waals surface area contributed by atoms with Crippen molar-refractivity contribution in [2.75, 3.05) is 33.2 Å². The van der Waals surface area contributed by atoms with Crippen molar-refractivity contribution >= 4 is 28.3 Å². The Balaban J connectivity index is 1.64. The minimum Gasteiger partial charge on any atom is -0.365 e. The molecule has 4 rings (SSSR count). The Bertz CT molecular complexity index is 952. The first-order valence-corrected chi connectivity index (χ1v) is 9.60. The minimum atomic E-state index is -0.376. The highest BCUT2D eigenvalue weighted by Crippen LogP contribution is 2.28. The molecular formula is C19H23N5OS. The van der Waals surface area contributed by atoms with Crippen molar-refractivity contribution in [3.05, 3.63) is 46.6 Å². The molecule has 0 spiro atoms. The van der Waals surface area contributed by atoms with Gasteiger partial charge in [-0.05, 0) is 43.3 Å². The van der Waals surface area contributed by atoms with Crippen molar-refractivity contribution in [1.82, 2.24) is 19.4 Å². The summed E-state index contributed by atoms with van der Waals surface area (Å²) < 4.78 is 2.05. The van der Waals surface area contributed by atoms with E-state index in [2.05, 4.69) is 40.0 Å². The van der Waals surface area contributed by atoms with Crippen LogP contribution in [-0.4, -0.2) is 58.5 Å². The van der Waals surface area contributed by atoms with Crippen LogP contribution in [0.3, 0.4) is 0 Å². The topological polar surface area (TPSA) is 67.4 Å². The Morgan fingerprint density at radius 1 is 1.23 bits per heavy atom. The molecule has 0 unspecified atom stereocenters. The van der Waals surface area contributed by atoms with Gasteiger partial charge in [0.15, 0.2) is 0 Å². The van der Waals surface area contributed by atoms with Gasteiger partial charge in [-0.25, -0.2) is 4.98 Å². The normalized spacial score (nSPS) is 16.4. The largest absolute Gasteiger partial charge is 0.365 e. The summed E-state index contributed by atoms with van der Waals surface area (Å²) in [5, 5.41) is 0.968. The maximum absolute atomic E-state index is 11.6. The number of benzene rings is 1. The van der Waals surface area contributed by atoms with E-state index in [1.807, 2.05) is 23.9 Å². The molecule has 1 fully saturated rings. The molecule has 1 amide bonds. The number of aryl methyl sites for hydroxylation is 1. The molecule has 1 aromatic carbocycles. The number of nitrogens with zero attached hydrogens (tertiary/aromatic N) is 4. The van der Waals surface area contributed by atoms with Crippen molar-refractivity contribution in [2.45, 2.75) is 13.5 Å². The van der Waals surface area contributed by atoms with Gasteiger partial charge in [0.25, 0.3) is 5.91 Å². The summed E-state index contributed by atoms with van der Waals surface area (Å²) in [5.41, 5.74) is 9.69. The molecule has 0 bridgehead atoms. The van der Waals surface area contributed by atoms with E-state index in [1.54, 1.807) is 0 Å². The van der Waals surface area contributed by atoms with Gasteiger partial charge < -0.3 is 10.6 Å². The van der Waals surface area contributed by atoms with Gasteiger partial charge in [0.1, 0.15) is 11.3 Å². The highest BCUT2D eigenvalue weighted by atomic mass is 32.1. The van der Waals surface area contributed by atoms with Gasteiger partial charge in [-0.15, -0.1) is 11.3 Å². The van der Waals surface area contributed by atoms with Gasteiger partial charge in [0, 0.05) is 32.7 Å². The summed E-state index contributed by atoms with van der Waals surface area (Å²) in [6.45, 7) is 7.29. The molecule has 0 atom stereocenters. The Morgan fingerprint density at radius 2 is 2.00 bits per heavy atom. The van der Waals surface area contributed by atoms with Gasteiger partial charge in [-0.2, -0.15) is 0 Å². The van der Waals surface area contributed by atoms with Gasteiger partial charge >= 0.3 is 0 Å². The summed E-state index contributed by atoms with van der Waals surface area (Å²) in [6.07, 6.45) is 1.82. The number of thiophene rings is 1. The third kappa shape index (κ3) is 3.25. The number of rotatable bonds is 4. The molecule has 0 aliphatic carbocycles. The highest BCUT2D eigenvalue weighted by Gasteiger charge is 2.16. The van der Waals surface area contributed by atoms with Crippen LogP contribution < -0.4 is 5.73 Å². The maximum atomic E-state index is 11.6. The van der Waals surface area contributed by atoms with Gasteiger partial charge in [0.2, 0.25) is 0 Å². The summed E-state index contributed by atoms with van der Waals surface area (Å²) in [5.74, 6) is -0.376. The maximum Gasteiger partial charge on any atom is 0.259 e. The zero-order valence-electron chi connectivity index (χ0n) is 15.1. The number of hydrogen-bond donors (Lipinski definition) is 1. The molecule has 1 aliphatic heterocycles. The van der Waals surface area contributed by atoms with Crippen LogP contribution in [0.1, 0.15) is 20.8 Å². The SMILES string of the molecule is Cc1cc(-n2cnc3ccc(CN4CCN(C)CC4)cc32)sc1C(N)=O. The van der Waals surface area contributed by atoms with Crippen molar-refractivity contribution in [2.24, 2.45) is 5.73 Å². The number of aromatic nitrogens is 2. The lowest BCUT2D eigenvalue weighted by molar-refractivity contribution is 0.100. The molecule has 3 heterocycles. The van der Waals surface area contributed by atoms with Crippen molar-refractivity contribution in [3.63, 3.8) is 0 Å². The van der Waals surface area contributed by atoms with Crippen LogP contribution in [0.15, 0.2) is 30.6 Å². The Morgan fingerprint density at radius 3 is 2.69 bits per heavy atom. The molecule has 7 heteroatoms. The molecule has 6 nitrogen and oxygen atoms in total. The average molecular weight is 369 g/mol. The summed E-state index contributed by atoms with van der Waals surface area (Å²) in [6, 6.07) is 8.44. The number of carbonyl (C=O) groups is 1. The number of imidazole rings is 1. The second-order valence-corrected chi connectivity index (χ2v) is 8.01. The van der Waals surface area contributed by atoms with E-state index in [-0.39, 0.29) is 5.91 Å². The molecule has 2 aromatic heterocycles. The first-order valence-electron chi connectivity index (χ1n) is 8.79. The van der Waals surface area contributed by atoms with Crippen molar-refractivity contribution in [3.8, 4) is 5.00 Å². The van der Waals surface area contributed by atoms with Crippen LogP contribution in [0.2, 0.25) is 0 Å². The summed E-state index contributed by atoms with van der Waals surface area (Å²) >= 11 is 1.41. The molecule has 1 saturated heterocycles. The van der Waals surface area contributed by atoms with Gasteiger partial charge in [0.05, 0.1) is 15.9 Å². The third-order valence-corrected chi connectivity index (χ3v) is 6.23. The van der Waals surface area contributed by atoms with E-state index in [0.717, 1.165) is 54.3 Å². The van der Waals surface area contributed by atoms with Crippen LogP contribution in [0, 0.1) is 6.92 Å². The number of primary amides is 1. The molecule has 3 aromatic rings. The number of amides is 1. The molecule has 26 heavy (non-hydrogen) atoms. The van der Waals surface area contributed by atoms with Crippen LogP contribution >= 0.6 is 11.3 Å². The lowest BCUT2D eigenvalue weighted by atomic mass is 10.1. The number of fused-ring (bicyclic) bond motifs is 1. The minimum absolute atomic E-state index is 0.376. The monoisotopic (exact) mass is 369 g/mol. The van der Waals surface area contributed by atoms with E-state index in [4.69, 9.17) is 5.73 Å². The fraction of sp³-hybridized carbons (Fsp3) is 0.368.